The zero-order valence-corrected chi connectivity index (χ0v) is 18.3. The van der Waals surface area contributed by atoms with Gasteiger partial charge in [-0.3, -0.25) is 4.98 Å². The van der Waals surface area contributed by atoms with Crippen LogP contribution in [0.3, 0.4) is 0 Å². The fourth-order valence-corrected chi connectivity index (χ4v) is 5.64. The first kappa shape index (κ1) is 18.3. The number of hydrogen-bond acceptors (Lipinski definition) is 6. The molecule has 0 spiro atoms. The molecule has 1 aliphatic heterocycles. The van der Waals surface area contributed by atoms with Gasteiger partial charge in [0.1, 0.15) is 11.5 Å². The summed E-state index contributed by atoms with van der Waals surface area (Å²) in [5.74, 6) is 2.92. The number of allylic oxidation sites excluding steroid dienone is 4. The van der Waals surface area contributed by atoms with E-state index in [-0.39, 0.29) is 0 Å². The maximum atomic E-state index is 5.15. The lowest BCUT2D eigenvalue weighted by Gasteiger charge is -2.17. The number of benzene rings is 1. The van der Waals surface area contributed by atoms with Crippen molar-refractivity contribution < 1.29 is 0 Å². The zero-order chi connectivity index (χ0) is 22.2. The number of H-pyrrole nitrogens is 1. The molecule has 1 aromatic carbocycles. The van der Waals surface area contributed by atoms with Gasteiger partial charge < -0.3 is 15.6 Å². The number of aromatic amines is 1. The first-order valence-electron chi connectivity index (χ1n) is 11.7. The van der Waals surface area contributed by atoms with Crippen LogP contribution in [0, 0.1) is 11.8 Å². The molecule has 2 aliphatic carbocycles. The van der Waals surface area contributed by atoms with Gasteiger partial charge in [-0.15, -0.1) is 0 Å². The zero-order valence-electron chi connectivity index (χ0n) is 18.3. The number of hydrogen-bond donors (Lipinski definition) is 3. The van der Waals surface area contributed by atoms with Crippen molar-refractivity contribution in [3.8, 4) is 11.4 Å². The Morgan fingerprint density at radius 1 is 0.941 bits per heavy atom. The first-order valence-corrected chi connectivity index (χ1v) is 11.7. The Morgan fingerprint density at radius 3 is 2.68 bits per heavy atom. The summed E-state index contributed by atoms with van der Waals surface area (Å²) in [6, 6.07) is 10.7. The molecular formula is C27H21N7. The van der Waals surface area contributed by atoms with Gasteiger partial charge >= 0.3 is 0 Å². The van der Waals surface area contributed by atoms with Crippen molar-refractivity contribution in [1.29, 1.82) is 0 Å². The van der Waals surface area contributed by atoms with Crippen LogP contribution >= 0.6 is 0 Å². The second-order valence-electron chi connectivity index (χ2n) is 9.37. The van der Waals surface area contributed by atoms with Crippen molar-refractivity contribution in [1.82, 2.24) is 30.2 Å². The van der Waals surface area contributed by atoms with Gasteiger partial charge in [0, 0.05) is 58.9 Å². The van der Waals surface area contributed by atoms with Crippen molar-refractivity contribution in [3.63, 3.8) is 0 Å². The van der Waals surface area contributed by atoms with Gasteiger partial charge in [0.15, 0.2) is 5.82 Å². The summed E-state index contributed by atoms with van der Waals surface area (Å²) in [7, 11) is 0. The van der Waals surface area contributed by atoms with Gasteiger partial charge in [-0.2, -0.15) is 0 Å². The fourth-order valence-electron chi connectivity index (χ4n) is 5.64. The molecule has 5 heterocycles. The van der Waals surface area contributed by atoms with Gasteiger partial charge in [-0.25, -0.2) is 15.0 Å². The number of rotatable bonds is 4. The highest BCUT2D eigenvalue weighted by Crippen LogP contribution is 2.45. The minimum atomic E-state index is 0.449. The quantitative estimate of drug-likeness (QED) is 0.384. The highest BCUT2D eigenvalue weighted by atomic mass is 15.1. The number of pyridine rings is 2. The molecule has 164 valence electrons. The molecule has 4 aromatic heterocycles. The van der Waals surface area contributed by atoms with E-state index in [1.165, 1.54) is 0 Å². The van der Waals surface area contributed by atoms with Crippen LogP contribution in [-0.4, -0.2) is 44.1 Å². The lowest BCUT2D eigenvalue weighted by Crippen LogP contribution is -2.22. The number of fused-ring (bicyclic) bond motifs is 5. The second kappa shape index (κ2) is 6.71. The van der Waals surface area contributed by atoms with Crippen molar-refractivity contribution in [2.45, 2.75) is 6.04 Å². The van der Waals surface area contributed by atoms with Crippen LogP contribution < -0.4 is 10.6 Å². The highest BCUT2D eigenvalue weighted by molar-refractivity contribution is 6.12. The number of anilines is 1. The highest BCUT2D eigenvalue weighted by Gasteiger charge is 2.53. The standard InChI is InChI=1S/C27H21N7/c1-2-7-20-15(6-1)22-16(8-9-30-26(22)31-20)25-32-21-13-29-10-17(14-4-3-5-14)23(21)27(34-25)33-24-18-11-28-12-19(18)24/h1-10,13,18-19,24,28H,11-12H2,(H,30,31)(H,32,33,34). The molecule has 0 bridgehead atoms. The Hall–Kier alpha value is -4.10. The Balaban J connectivity index is 1.37. The van der Waals surface area contributed by atoms with Gasteiger partial charge in [-0.05, 0) is 29.5 Å². The molecule has 1 saturated heterocycles. The predicted octanol–water partition coefficient (Wildman–Crippen LogP) is 4.30. The van der Waals surface area contributed by atoms with E-state index in [2.05, 4.69) is 62.0 Å². The SMILES string of the molecule is C1=CC(c2cncc3nc(-c4ccnc5[nH]c6ccccc6c45)nc(NC4C5CNCC54)c23)=C1. The average molecular weight is 444 g/mol. The number of nitrogens with one attached hydrogen (secondary N) is 3. The minimum absolute atomic E-state index is 0.449. The second-order valence-corrected chi connectivity index (χ2v) is 9.37. The Labute approximate surface area is 195 Å². The van der Waals surface area contributed by atoms with E-state index >= 15 is 0 Å². The van der Waals surface area contributed by atoms with Crippen LogP contribution in [0.25, 0.3) is 49.8 Å². The van der Waals surface area contributed by atoms with Crippen LogP contribution in [0.4, 0.5) is 5.82 Å². The number of piperidine rings is 1. The van der Waals surface area contributed by atoms with Gasteiger partial charge in [-0.1, -0.05) is 36.4 Å². The largest absolute Gasteiger partial charge is 0.366 e. The van der Waals surface area contributed by atoms with Crippen LogP contribution in [0.5, 0.6) is 0 Å². The van der Waals surface area contributed by atoms with Gasteiger partial charge in [0.25, 0.3) is 0 Å². The molecular weight excluding hydrogens is 422 g/mol. The third kappa shape index (κ3) is 2.55. The van der Waals surface area contributed by atoms with E-state index in [0.717, 1.165) is 68.4 Å². The van der Waals surface area contributed by atoms with Crippen LogP contribution in [0.1, 0.15) is 5.56 Å². The molecule has 8 rings (SSSR count). The molecule has 1 saturated carbocycles. The summed E-state index contributed by atoms with van der Waals surface area (Å²) in [4.78, 5) is 22.7. The molecule has 3 aliphatic rings. The predicted molar refractivity (Wildman–Crippen MR) is 134 cm³/mol. The molecule has 7 nitrogen and oxygen atoms in total. The molecule has 5 aromatic rings. The molecule has 0 amide bonds. The smallest absolute Gasteiger partial charge is 0.163 e. The van der Waals surface area contributed by atoms with Crippen molar-refractivity contribution in [2.24, 2.45) is 11.8 Å². The lowest BCUT2D eigenvalue weighted by atomic mass is 9.97. The third-order valence-corrected chi connectivity index (χ3v) is 7.51. The summed E-state index contributed by atoms with van der Waals surface area (Å²) >= 11 is 0. The maximum absolute atomic E-state index is 5.15. The van der Waals surface area contributed by atoms with Gasteiger partial charge in [0.05, 0.1) is 17.1 Å². The van der Waals surface area contributed by atoms with Gasteiger partial charge in [0.2, 0.25) is 0 Å². The molecule has 2 unspecified atom stereocenters. The Morgan fingerprint density at radius 2 is 1.82 bits per heavy atom. The summed E-state index contributed by atoms with van der Waals surface area (Å²) in [5.41, 5.74) is 5.96. The normalized spacial score (nSPS) is 22.7. The van der Waals surface area contributed by atoms with E-state index in [9.17, 15) is 0 Å². The lowest BCUT2D eigenvalue weighted by molar-refractivity contribution is 0.696. The van der Waals surface area contributed by atoms with Crippen molar-refractivity contribution >= 4 is 44.2 Å². The topological polar surface area (TPSA) is 91.4 Å². The van der Waals surface area contributed by atoms with E-state index in [1.807, 2.05) is 30.7 Å². The Kier molecular flexibility index (Phi) is 3.62. The van der Waals surface area contributed by atoms with Crippen molar-refractivity contribution in [3.05, 3.63) is 72.7 Å². The third-order valence-electron chi connectivity index (χ3n) is 7.51. The molecule has 34 heavy (non-hydrogen) atoms. The van der Waals surface area contributed by atoms with E-state index < -0.39 is 0 Å². The van der Waals surface area contributed by atoms with Crippen LogP contribution in [0.2, 0.25) is 0 Å². The summed E-state index contributed by atoms with van der Waals surface area (Å²) in [6.45, 7) is 2.14. The summed E-state index contributed by atoms with van der Waals surface area (Å²) in [5, 5.41) is 10.5. The summed E-state index contributed by atoms with van der Waals surface area (Å²) in [6.07, 6.45) is 11.9. The van der Waals surface area contributed by atoms with E-state index in [0.29, 0.717) is 23.7 Å². The number of aromatic nitrogens is 5. The monoisotopic (exact) mass is 443 g/mol. The summed E-state index contributed by atoms with van der Waals surface area (Å²) < 4.78 is 0. The number of para-hydroxylation sites is 1. The minimum Gasteiger partial charge on any atom is -0.366 e. The molecule has 3 N–H and O–H groups in total. The molecule has 2 fully saturated rings. The average Bonchev–Trinajstić information content (AvgIpc) is 3.16. The van der Waals surface area contributed by atoms with E-state index in [4.69, 9.17) is 9.97 Å². The molecule has 2 atom stereocenters. The van der Waals surface area contributed by atoms with Crippen LogP contribution in [0.15, 0.2) is 67.2 Å². The van der Waals surface area contributed by atoms with Crippen molar-refractivity contribution in [2.75, 3.05) is 18.4 Å². The number of nitrogens with zero attached hydrogens (tertiary/aromatic N) is 4. The molecule has 7 heteroatoms. The molecule has 0 radical (unpaired) electrons. The fraction of sp³-hybridized carbons (Fsp3) is 0.185. The first-order chi connectivity index (χ1) is 16.8. The Bertz CT molecular complexity index is 1690. The van der Waals surface area contributed by atoms with E-state index in [1.54, 1.807) is 0 Å². The van der Waals surface area contributed by atoms with Crippen LogP contribution in [-0.2, 0) is 0 Å². The maximum Gasteiger partial charge on any atom is 0.163 e.